The summed E-state index contributed by atoms with van der Waals surface area (Å²) in [6.45, 7) is 0. The highest BCUT2D eigenvalue weighted by Crippen LogP contribution is 2.32. The molecule has 0 unspecified atom stereocenters. The SMILES string of the molecule is O=C(O)CC(=Cc1cc(F)c(O)c(F)c1)c1nc2cc(Cl)ccc2s1. The third kappa shape index (κ3) is 3.78. The van der Waals surface area contributed by atoms with Crippen LogP contribution in [0.4, 0.5) is 8.78 Å². The topological polar surface area (TPSA) is 70.4 Å². The minimum atomic E-state index is -1.13. The van der Waals surface area contributed by atoms with Crippen LogP contribution in [0.15, 0.2) is 30.3 Å². The summed E-state index contributed by atoms with van der Waals surface area (Å²) in [5, 5.41) is 19.2. The number of aliphatic carboxylic acids is 1. The van der Waals surface area contributed by atoms with Crippen LogP contribution in [0.2, 0.25) is 5.02 Å². The van der Waals surface area contributed by atoms with Gasteiger partial charge in [-0.3, -0.25) is 4.79 Å². The van der Waals surface area contributed by atoms with Crippen molar-refractivity contribution in [2.75, 3.05) is 0 Å². The largest absolute Gasteiger partial charge is 0.503 e. The first-order chi connectivity index (χ1) is 11.8. The van der Waals surface area contributed by atoms with E-state index in [1.807, 2.05) is 0 Å². The van der Waals surface area contributed by atoms with Gasteiger partial charge in [0.15, 0.2) is 17.4 Å². The number of nitrogens with zero attached hydrogens (tertiary/aromatic N) is 1. The van der Waals surface area contributed by atoms with E-state index in [0.29, 0.717) is 15.5 Å². The van der Waals surface area contributed by atoms with Crippen molar-refractivity contribution in [3.8, 4) is 5.75 Å². The van der Waals surface area contributed by atoms with Crippen molar-refractivity contribution in [3.05, 3.63) is 57.6 Å². The highest BCUT2D eigenvalue weighted by Gasteiger charge is 2.15. The van der Waals surface area contributed by atoms with Crippen molar-refractivity contribution in [3.63, 3.8) is 0 Å². The van der Waals surface area contributed by atoms with Gasteiger partial charge in [0, 0.05) is 5.02 Å². The zero-order chi connectivity index (χ0) is 18.1. The van der Waals surface area contributed by atoms with E-state index in [4.69, 9.17) is 21.8 Å². The van der Waals surface area contributed by atoms with Crippen LogP contribution in [0.1, 0.15) is 17.0 Å². The first-order valence-corrected chi connectivity index (χ1v) is 8.20. The number of thiazole rings is 1. The molecule has 0 aliphatic heterocycles. The van der Waals surface area contributed by atoms with E-state index in [9.17, 15) is 13.6 Å². The summed E-state index contributed by atoms with van der Waals surface area (Å²) >= 11 is 7.17. The lowest BCUT2D eigenvalue weighted by molar-refractivity contribution is -0.135. The Morgan fingerprint density at radius 1 is 1.24 bits per heavy atom. The van der Waals surface area contributed by atoms with E-state index in [1.165, 1.54) is 17.4 Å². The Morgan fingerprint density at radius 3 is 2.56 bits per heavy atom. The second-order valence-corrected chi connectivity index (χ2v) is 6.67. The van der Waals surface area contributed by atoms with Crippen molar-refractivity contribution in [1.29, 1.82) is 0 Å². The third-order valence-corrected chi connectivity index (χ3v) is 4.69. The zero-order valence-electron chi connectivity index (χ0n) is 12.5. The highest BCUT2D eigenvalue weighted by molar-refractivity contribution is 7.19. The Labute approximate surface area is 149 Å². The number of hydrogen-bond donors (Lipinski definition) is 2. The van der Waals surface area contributed by atoms with Crippen molar-refractivity contribution in [1.82, 2.24) is 4.98 Å². The van der Waals surface area contributed by atoms with E-state index in [2.05, 4.69) is 4.98 Å². The number of benzene rings is 2. The van der Waals surface area contributed by atoms with Crippen LogP contribution in [-0.4, -0.2) is 21.2 Å². The van der Waals surface area contributed by atoms with Gasteiger partial charge in [0.1, 0.15) is 5.01 Å². The number of aromatic nitrogens is 1. The quantitative estimate of drug-likeness (QED) is 0.671. The molecule has 25 heavy (non-hydrogen) atoms. The van der Waals surface area contributed by atoms with E-state index < -0.39 is 23.4 Å². The molecule has 3 aromatic rings. The van der Waals surface area contributed by atoms with Crippen molar-refractivity contribution in [2.45, 2.75) is 6.42 Å². The van der Waals surface area contributed by atoms with Gasteiger partial charge in [-0.05, 0) is 47.5 Å². The summed E-state index contributed by atoms with van der Waals surface area (Å²) in [6.07, 6.45) is 0.955. The lowest BCUT2D eigenvalue weighted by Crippen LogP contribution is -1.97. The molecule has 2 aromatic carbocycles. The smallest absolute Gasteiger partial charge is 0.307 e. The molecule has 0 amide bonds. The molecule has 1 aromatic heterocycles. The zero-order valence-corrected chi connectivity index (χ0v) is 14.0. The van der Waals surface area contributed by atoms with Crippen LogP contribution < -0.4 is 0 Å². The van der Waals surface area contributed by atoms with E-state index in [1.54, 1.807) is 18.2 Å². The molecule has 0 aliphatic rings. The Morgan fingerprint density at radius 2 is 1.92 bits per heavy atom. The molecule has 1 heterocycles. The first kappa shape index (κ1) is 17.3. The van der Waals surface area contributed by atoms with Crippen LogP contribution in [-0.2, 0) is 4.79 Å². The summed E-state index contributed by atoms with van der Waals surface area (Å²) in [5.41, 5.74) is 0.975. The van der Waals surface area contributed by atoms with Crippen molar-refractivity contribution >= 4 is 50.8 Å². The van der Waals surface area contributed by atoms with Gasteiger partial charge in [-0.2, -0.15) is 0 Å². The minimum Gasteiger partial charge on any atom is -0.503 e. The number of phenolic OH excluding ortho intramolecular Hbond substituents is 1. The highest BCUT2D eigenvalue weighted by atomic mass is 35.5. The van der Waals surface area contributed by atoms with Gasteiger partial charge in [-0.25, -0.2) is 13.8 Å². The van der Waals surface area contributed by atoms with Crippen LogP contribution in [0.3, 0.4) is 0 Å². The van der Waals surface area contributed by atoms with Gasteiger partial charge in [0.05, 0.1) is 16.6 Å². The summed E-state index contributed by atoms with van der Waals surface area (Å²) < 4.78 is 27.8. The molecule has 0 atom stereocenters. The van der Waals surface area contributed by atoms with Gasteiger partial charge in [0.25, 0.3) is 0 Å². The Hall–Kier alpha value is -2.51. The Balaban J connectivity index is 2.11. The second-order valence-electron chi connectivity index (χ2n) is 5.20. The van der Waals surface area contributed by atoms with Gasteiger partial charge >= 0.3 is 5.97 Å². The monoisotopic (exact) mass is 381 g/mol. The number of carboxylic acid groups (broad SMARTS) is 1. The van der Waals surface area contributed by atoms with Crippen LogP contribution in [0, 0.1) is 11.6 Å². The molecular weight excluding hydrogens is 372 g/mol. The standard InChI is InChI=1S/C17H10ClF2NO3S/c18-10-1-2-14-13(7-10)21-17(25-14)9(6-15(22)23)3-8-4-11(19)16(24)12(20)5-8/h1-5,7,24H,6H2,(H,22,23). The average Bonchev–Trinajstić information content (AvgIpc) is 2.94. The molecule has 3 rings (SSSR count). The summed E-state index contributed by atoms with van der Waals surface area (Å²) in [6, 6.07) is 6.94. The fraction of sp³-hybridized carbons (Fsp3) is 0.0588. The lowest BCUT2D eigenvalue weighted by atomic mass is 10.1. The number of halogens is 3. The third-order valence-electron chi connectivity index (χ3n) is 3.35. The predicted octanol–water partition coefficient (Wildman–Crippen LogP) is 4.95. The molecule has 128 valence electrons. The fourth-order valence-electron chi connectivity index (χ4n) is 2.26. The number of hydrogen-bond acceptors (Lipinski definition) is 4. The molecule has 0 aliphatic carbocycles. The molecule has 0 spiro atoms. The van der Waals surface area contributed by atoms with Gasteiger partial charge in [-0.15, -0.1) is 11.3 Å². The van der Waals surface area contributed by atoms with Crippen LogP contribution >= 0.6 is 22.9 Å². The normalized spacial score (nSPS) is 11.9. The number of phenols is 1. The van der Waals surface area contributed by atoms with Gasteiger partial charge < -0.3 is 10.2 Å². The molecule has 8 heteroatoms. The van der Waals surface area contributed by atoms with Crippen LogP contribution in [0.5, 0.6) is 5.75 Å². The minimum absolute atomic E-state index is 0.0846. The Kier molecular flexibility index (Phi) is 4.69. The van der Waals surface area contributed by atoms with E-state index in [-0.39, 0.29) is 17.6 Å². The van der Waals surface area contributed by atoms with Gasteiger partial charge in [0.2, 0.25) is 0 Å². The lowest BCUT2D eigenvalue weighted by Gasteiger charge is -2.03. The molecule has 2 N–H and O–H groups in total. The number of fused-ring (bicyclic) bond motifs is 1. The number of carboxylic acids is 1. The van der Waals surface area contributed by atoms with E-state index in [0.717, 1.165) is 16.8 Å². The number of aromatic hydroxyl groups is 1. The molecular formula is C17H10ClF2NO3S. The second kappa shape index (κ2) is 6.78. The predicted molar refractivity (Wildman–Crippen MR) is 92.8 cm³/mol. The maximum atomic E-state index is 13.5. The number of rotatable bonds is 4. The van der Waals surface area contributed by atoms with E-state index >= 15 is 0 Å². The first-order valence-electron chi connectivity index (χ1n) is 7.00. The van der Waals surface area contributed by atoms with Crippen molar-refractivity contribution in [2.24, 2.45) is 0 Å². The maximum absolute atomic E-state index is 13.5. The molecule has 0 saturated heterocycles. The maximum Gasteiger partial charge on any atom is 0.307 e. The molecule has 0 radical (unpaired) electrons. The Bertz CT molecular complexity index is 993. The summed E-state index contributed by atoms with van der Waals surface area (Å²) in [4.78, 5) is 15.5. The molecule has 0 bridgehead atoms. The molecule has 0 saturated carbocycles. The van der Waals surface area contributed by atoms with Crippen molar-refractivity contribution < 1.29 is 23.8 Å². The average molecular weight is 382 g/mol. The summed E-state index contributed by atoms with van der Waals surface area (Å²) in [7, 11) is 0. The van der Waals surface area contributed by atoms with Gasteiger partial charge in [-0.1, -0.05) is 11.6 Å². The fourth-order valence-corrected chi connectivity index (χ4v) is 3.38. The molecule has 0 fully saturated rings. The van der Waals surface area contributed by atoms with Crippen LogP contribution in [0.25, 0.3) is 21.9 Å². The summed E-state index contributed by atoms with van der Waals surface area (Å²) in [5.74, 6) is -4.44. The molecule has 4 nitrogen and oxygen atoms in total. The number of carbonyl (C=O) groups is 1.